The van der Waals surface area contributed by atoms with Gasteiger partial charge in [0.1, 0.15) is 0 Å². The van der Waals surface area contributed by atoms with Crippen molar-refractivity contribution in [1.82, 2.24) is 0 Å². The molecule has 0 bridgehead atoms. The molecule has 0 aromatic heterocycles. The van der Waals surface area contributed by atoms with E-state index < -0.39 is 0 Å². The fourth-order valence-electron chi connectivity index (χ4n) is 0. The summed E-state index contributed by atoms with van der Waals surface area (Å²) < 4.78 is 0. The minimum absolute atomic E-state index is 0. The molecular formula is C8H8Cl2Ir2-2. The number of hydrogen-bond acceptors (Lipinski definition) is 0. The van der Waals surface area contributed by atoms with Crippen molar-refractivity contribution in [2.24, 2.45) is 0 Å². The van der Waals surface area contributed by atoms with Gasteiger partial charge in [-0.15, -0.1) is 51.4 Å². The van der Waals surface area contributed by atoms with Crippen LogP contribution in [0.25, 0.3) is 0 Å². The molecule has 0 amide bonds. The summed E-state index contributed by atoms with van der Waals surface area (Å²) in [4.78, 5) is 0. The van der Waals surface area contributed by atoms with Gasteiger partial charge in [0.15, 0.2) is 0 Å². The van der Waals surface area contributed by atoms with Gasteiger partial charge in [-0.1, -0.05) is 0 Å². The van der Waals surface area contributed by atoms with Crippen LogP contribution < -0.4 is 24.8 Å². The number of terminal acetylenes is 4. The number of rotatable bonds is 0. The summed E-state index contributed by atoms with van der Waals surface area (Å²) in [6, 6.07) is 0. The van der Waals surface area contributed by atoms with Gasteiger partial charge < -0.3 is 24.8 Å². The Balaban J connectivity index is -0.00000000267. The Hall–Kier alpha value is 0.119. The second-order valence-corrected chi connectivity index (χ2v) is 0. The Morgan fingerprint density at radius 3 is 0.333 bits per heavy atom. The largest absolute Gasteiger partial charge is 1.00 e. The van der Waals surface area contributed by atoms with E-state index in [1.54, 1.807) is 0 Å². The third-order valence-corrected chi connectivity index (χ3v) is 0. The maximum Gasteiger partial charge on any atom is 0 e. The average molecular weight is 559 g/mol. The predicted molar refractivity (Wildman–Crippen MR) is 39.6 cm³/mol. The topological polar surface area (TPSA) is 0 Å². The first-order chi connectivity index (χ1) is 4.00. The molecular weight excluding hydrogens is 551 g/mol. The molecule has 0 aromatic carbocycles. The van der Waals surface area contributed by atoms with Crippen molar-refractivity contribution >= 4 is 0 Å². The molecule has 0 nitrogen and oxygen atoms in total. The molecule has 0 unspecified atom stereocenters. The van der Waals surface area contributed by atoms with Gasteiger partial charge >= 0.3 is 0 Å². The minimum atomic E-state index is 0. The first kappa shape index (κ1) is 88.3. The molecule has 2 radical (unpaired) electrons. The van der Waals surface area contributed by atoms with Gasteiger partial charge in [-0.2, -0.15) is 0 Å². The average Bonchev–Trinajstić information content (AvgIpc) is 2.03. The van der Waals surface area contributed by atoms with E-state index in [9.17, 15) is 0 Å². The Labute approximate surface area is 116 Å². The standard InChI is InChI=1S/4C2H2.2ClH.2Ir/c4*1-2;;;;/h4*1-2H;2*1H;;/p-2. The second-order valence-electron chi connectivity index (χ2n) is 0. The van der Waals surface area contributed by atoms with Crippen LogP contribution in [0.2, 0.25) is 0 Å². The molecule has 4 heteroatoms. The van der Waals surface area contributed by atoms with E-state index >= 15 is 0 Å². The molecule has 12 heavy (non-hydrogen) atoms. The fraction of sp³-hybridized carbons (Fsp3) is 0. The molecule has 0 atom stereocenters. The first-order valence-electron chi connectivity index (χ1n) is 1.33. The fourth-order valence-corrected chi connectivity index (χ4v) is 0. The molecule has 0 saturated carbocycles. The SMILES string of the molecule is C#C.C#C.C#C.C#C.[Cl-].[Cl-].[Ir].[Ir]. The van der Waals surface area contributed by atoms with E-state index in [1.807, 2.05) is 0 Å². The molecule has 0 aliphatic heterocycles. The van der Waals surface area contributed by atoms with Gasteiger partial charge in [0.2, 0.25) is 0 Å². The Morgan fingerprint density at radius 2 is 0.333 bits per heavy atom. The van der Waals surface area contributed by atoms with Gasteiger partial charge in [-0.25, -0.2) is 0 Å². The Kier molecular flexibility index (Phi) is 595000. The molecule has 0 fully saturated rings. The van der Waals surface area contributed by atoms with E-state index in [1.165, 1.54) is 0 Å². The van der Waals surface area contributed by atoms with Crippen molar-refractivity contribution in [1.29, 1.82) is 0 Å². The van der Waals surface area contributed by atoms with Crippen LogP contribution in [0.3, 0.4) is 0 Å². The molecule has 0 aromatic rings. The third kappa shape index (κ3) is 59700. The molecule has 0 aliphatic rings. The van der Waals surface area contributed by atoms with Crippen LogP contribution in [0.4, 0.5) is 0 Å². The summed E-state index contributed by atoms with van der Waals surface area (Å²) in [7, 11) is 0. The summed E-state index contributed by atoms with van der Waals surface area (Å²) in [5, 5.41) is 0. The van der Waals surface area contributed by atoms with Crippen LogP contribution in [0.5, 0.6) is 0 Å². The molecule has 0 saturated heterocycles. The molecule has 74 valence electrons. The van der Waals surface area contributed by atoms with Crippen LogP contribution in [0, 0.1) is 51.4 Å². The number of halogens is 2. The zero-order valence-corrected chi connectivity index (χ0v) is 12.3. The smallest absolute Gasteiger partial charge is 0 e. The van der Waals surface area contributed by atoms with Gasteiger partial charge in [0, 0.05) is 40.2 Å². The van der Waals surface area contributed by atoms with E-state index in [0.29, 0.717) is 0 Å². The zero-order valence-electron chi connectivity index (χ0n) is 6.04. The maximum absolute atomic E-state index is 4.00. The van der Waals surface area contributed by atoms with Gasteiger partial charge in [-0.05, 0) is 0 Å². The third-order valence-electron chi connectivity index (χ3n) is 0. The Morgan fingerprint density at radius 1 is 0.333 bits per heavy atom. The van der Waals surface area contributed by atoms with Crippen LogP contribution in [-0.4, -0.2) is 0 Å². The molecule has 0 rings (SSSR count). The Bertz CT molecular complexity index is 58.0. The van der Waals surface area contributed by atoms with E-state index in [4.69, 9.17) is 0 Å². The normalized spacial score (nSPS) is 0.667. The molecule has 0 heterocycles. The molecule has 0 spiro atoms. The van der Waals surface area contributed by atoms with Crippen molar-refractivity contribution in [2.45, 2.75) is 0 Å². The van der Waals surface area contributed by atoms with Crippen LogP contribution in [-0.2, 0) is 40.2 Å². The van der Waals surface area contributed by atoms with Crippen LogP contribution in [0.1, 0.15) is 0 Å². The van der Waals surface area contributed by atoms with Gasteiger partial charge in [-0.3, -0.25) is 0 Å². The van der Waals surface area contributed by atoms with Crippen molar-refractivity contribution in [3.8, 4) is 51.4 Å². The van der Waals surface area contributed by atoms with Gasteiger partial charge in [0.05, 0.1) is 0 Å². The summed E-state index contributed by atoms with van der Waals surface area (Å²) in [6.45, 7) is 0. The molecule has 0 aliphatic carbocycles. The maximum atomic E-state index is 4.00. The first-order valence-corrected chi connectivity index (χ1v) is 1.33. The summed E-state index contributed by atoms with van der Waals surface area (Å²) in [5.41, 5.74) is 0. The van der Waals surface area contributed by atoms with E-state index in [2.05, 4.69) is 51.4 Å². The number of hydrogen-bond donors (Lipinski definition) is 0. The second kappa shape index (κ2) is 80800. The van der Waals surface area contributed by atoms with Crippen molar-refractivity contribution in [3.63, 3.8) is 0 Å². The summed E-state index contributed by atoms with van der Waals surface area (Å²) in [6.07, 6.45) is 32.0. The molecule has 0 N–H and O–H groups in total. The van der Waals surface area contributed by atoms with Crippen molar-refractivity contribution < 1.29 is 65.0 Å². The quantitative estimate of drug-likeness (QED) is 0.261. The predicted octanol–water partition coefficient (Wildman–Crippen LogP) is -5.00. The van der Waals surface area contributed by atoms with E-state index in [0.717, 1.165) is 0 Å². The summed E-state index contributed by atoms with van der Waals surface area (Å²) in [5.74, 6) is 0. The van der Waals surface area contributed by atoms with Gasteiger partial charge in [0.25, 0.3) is 0 Å². The van der Waals surface area contributed by atoms with Crippen molar-refractivity contribution in [2.75, 3.05) is 0 Å². The summed E-state index contributed by atoms with van der Waals surface area (Å²) >= 11 is 0. The minimum Gasteiger partial charge on any atom is -1.00 e. The monoisotopic (exact) mass is 560 g/mol. The van der Waals surface area contributed by atoms with Crippen LogP contribution in [0.15, 0.2) is 0 Å². The van der Waals surface area contributed by atoms with Crippen molar-refractivity contribution in [3.05, 3.63) is 0 Å². The van der Waals surface area contributed by atoms with E-state index in [-0.39, 0.29) is 65.0 Å². The zero-order chi connectivity index (χ0) is 8.00. The van der Waals surface area contributed by atoms with Crippen LogP contribution >= 0.6 is 0 Å².